The molecule has 3 nitrogen and oxygen atoms in total. The van der Waals surface area contributed by atoms with E-state index in [0.717, 1.165) is 31.2 Å². The monoisotopic (exact) mass is 182 g/mol. The minimum Gasteiger partial charge on any atom is -0.375 e. The van der Waals surface area contributed by atoms with Gasteiger partial charge in [-0.3, -0.25) is 0 Å². The highest BCUT2D eigenvalue weighted by molar-refractivity contribution is 7.15. The molecule has 0 bridgehead atoms. The van der Waals surface area contributed by atoms with E-state index in [4.69, 9.17) is 5.73 Å². The summed E-state index contributed by atoms with van der Waals surface area (Å²) in [5.74, 6) is 0.192. The van der Waals surface area contributed by atoms with Crippen molar-refractivity contribution in [3.8, 4) is 0 Å². The second-order valence-electron chi connectivity index (χ2n) is 3.06. The fourth-order valence-electron chi connectivity index (χ4n) is 1.54. The van der Waals surface area contributed by atoms with Gasteiger partial charge in [0.1, 0.15) is 6.29 Å². The summed E-state index contributed by atoms with van der Waals surface area (Å²) in [4.78, 5) is 15.9. The number of carbonyl (C=O) groups is 1. The minimum atomic E-state index is 0.192. The summed E-state index contributed by atoms with van der Waals surface area (Å²) in [6.45, 7) is 0. The van der Waals surface area contributed by atoms with Gasteiger partial charge >= 0.3 is 0 Å². The normalized spacial score (nSPS) is 21.8. The van der Waals surface area contributed by atoms with Crippen LogP contribution >= 0.6 is 11.3 Å². The summed E-state index contributed by atoms with van der Waals surface area (Å²) < 4.78 is 0. The van der Waals surface area contributed by atoms with E-state index in [1.807, 2.05) is 0 Å². The number of rotatable bonds is 1. The maximum atomic E-state index is 10.5. The van der Waals surface area contributed by atoms with Crippen molar-refractivity contribution in [2.24, 2.45) is 5.92 Å². The van der Waals surface area contributed by atoms with E-state index in [0.29, 0.717) is 5.13 Å². The van der Waals surface area contributed by atoms with Gasteiger partial charge in [0.05, 0.1) is 5.69 Å². The summed E-state index contributed by atoms with van der Waals surface area (Å²) in [6, 6.07) is 0. The van der Waals surface area contributed by atoms with Gasteiger partial charge in [0.15, 0.2) is 5.13 Å². The molecule has 2 N–H and O–H groups in total. The molecule has 64 valence electrons. The Morgan fingerprint density at radius 3 is 3.25 bits per heavy atom. The third-order valence-electron chi connectivity index (χ3n) is 2.19. The summed E-state index contributed by atoms with van der Waals surface area (Å²) in [6.07, 6.45) is 3.72. The number of thiazole rings is 1. The van der Waals surface area contributed by atoms with Gasteiger partial charge in [-0.05, 0) is 19.3 Å². The van der Waals surface area contributed by atoms with Crippen LogP contribution < -0.4 is 5.73 Å². The average molecular weight is 182 g/mol. The molecule has 0 saturated carbocycles. The van der Waals surface area contributed by atoms with Gasteiger partial charge in [0.25, 0.3) is 0 Å². The van der Waals surface area contributed by atoms with E-state index in [1.165, 1.54) is 16.2 Å². The van der Waals surface area contributed by atoms with Crippen LogP contribution in [0.4, 0.5) is 5.13 Å². The van der Waals surface area contributed by atoms with Gasteiger partial charge in [-0.15, -0.1) is 11.3 Å². The second kappa shape index (κ2) is 2.86. The van der Waals surface area contributed by atoms with Crippen molar-refractivity contribution in [2.75, 3.05) is 5.73 Å². The highest BCUT2D eigenvalue weighted by atomic mass is 32.1. The lowest BCUT2D eigenvalue weighted by atomic mass is 9.92. The highest BCUT2D eigenvalue weighted by Gasteiger charge is 2.21. The van der Waals surface area contributed by atoms with Crippen LogP contribution in [0.2, 0.25) is 0 Å². The van der Waals surface area contributed by atoms with Gasteiger partial charge in [0, 0.05) is 10.8 Å². The van der Waals surface area contributed by atoms with Crippen LogP contribution in [-0.4, -0.2) is 11.3 Å². The van der Waals surface area contributed by atoms with E-state index < -0.39 is 0 Å². The van der Waals surface area contributed by atoms with E-state index >= 15 is 0 Å². The summed E-state index contributed by atoms with van der Waals surface area (Å²) in [7, 11) is 0. The standard InChI is InChI=1S/C8H10N2OS/c9-8-10-6-2-1-5(4-11)3-7(6)12-8/h4-5H,1-3H2,(H2,9,10). The fraction of sp³-hybridized carbons (Fsp3) is 0.500. The number of fused-ring (bicyclic) bond motifs is 1. The largest absolute Gasteiger partial charge is 0.375 e. The molecule has 0 amide bonds. The lowest BCUT2D eigenvalue weighted by molar-refractivity contribution is -0.111. The van der Waals surface area contributed by atoms with Gasteiger partial charge in [-0.1, -0.05) is 0 Å². The molecule has 1 aromatic heterocycles. The Morgan fingerprint density at radius 1 is 1.67 bits per heavy atom. The second-order valence-corrected chi connectivity index (χ2v) is 4.18. The van der Waals surface area contributed by atoms with Crippen molar-refractivity contribution in [3.05, 3.63) is 10.6 Å². The van der Waals surface area contributed by atoms with Crippen LogP contribution in [0.5, 0.6) is 0 Å². The summed E-state index contributed by atoms with van der Waals surface area (Å²) >= 11 is 1.52. The van der Waals surface area contributed by atoms with Gasteiger partial charge in [0.2, 0.25) is 0 Å². The van der Waals surface area contributed by atoms with Crippen molar-refractivity contribution >= 4 is 22.8 Å². The predicted octanol–water partition coefficient (Wildman–Crippen LogP) is 1.03. The molecule has 2 rings (SSSR count). The zero-order valence-electron chi connectivity index (χ0n) is 6.62. The number of nitrogens with zero attached hydrogens (tertiary/aromatic N) is 1. The molecule has 0 radical (unpaired) electrons. The molecule has 1 aliphatic rings. The Balaban J connectivity index is 2.28. The Bertz CT molecular complexity index is 308. The lowest BCUT2D eigenvalue weighted by Gasteiger charge is -2.14. The number of carbonyl (C=O) groups excluding carboxylic acids is 1. The first-order chi connectivity index (χ1) is 5.79. The Hall–Kier alpha value is -0.900. The van der Waals surface area contributed by atoms with Gasteiger partial charge < -0.3 is 10.5 Å². The fourth-order valence-corrected chi connectivity index (χ4v) is 2.51. The van der Waals surface area contributed by atoms with E-state index in [2.05, 4.69) is 4.98 Å². The zero-order valence-corrected chi connectivity index (χ0v) is 7.43. The van der Waals surface area contributed by atoms with Crippen LogP contribution in [0, 0.1) is 5.92 Å². The van der Waals surface area contributed by atoms with Crippen molar-refractivity contribution in [1.82, 2.24) is 4.98 Å². The van der Waals surface area contributed by atoms with E-state index in [1.54, 1.807) is 0 Å². The summed E-state index contributed by atoms with van der Waals surface area (Å²) in [5.41, 5.74) is 6.67. The number of nitrogens with two attached hydrogens (primary N) is 1. The van der Waals surface area contributed by atoms with Crippen molar-refractivity contribution in [1.29, 1.82) is 0 Å². The van der Waals surface area contributed by atoms with Crippen LogP contribution in [0.3, 0.4) is 0 Å². The molecular formula is C8H10N2OS. The molecule has 1 unspecified atom stereocenters. The molecule has 4 heteroatoms. The summed E-state index contributed by atoms with van der Waals surface area (Å²) in [5, 5.41) is 0.631. The number of hydrogen-bond donors (Lipinski definition) is 1. The number of hydrogen-bond acceptors (Lipinski definition) is 4. The third-order valence-corrected chi connectivity index (χ3v) is 3.14. The van der Waals surface area contributed by atoms with Gasteiger partial charge in [-0.25, -0.2) is 4.98 Å². The molecule has 1 aromatic rings. The first-order valence-corrected chi connectivity index (χ1v) is 4.80. The van der Waals surface area contributed by atoms with Crippen molar-refractivity contribution in [2.45, 2.75) is 19.3 Å². The number of anilines is 1. The molecule has 0 aromatic carbocycles. The number of aldehydes is 1. The smallest absolute Gasteiger partial charge is 0.180 e. The molecule has 12 heavy (non-hydrogen) atoms. The number of nitrogen functional groups attached to an aromatic ring is 1. The molecule has 0 aliphatic heterocycles. The Morgan fingerprint density at radius 2 is 2.50 bits per heavy atom. The SMILES string of the molecule is Nc1nc2c(s1)CC(C=O)CC2. The first kappa shape index (κ1) is 7.73. The quantitative estimate of drug-likeness (QED) is 0.660. The first-order valence-electron chi connectivity index (χ1n) is 3.99. The molecule has 1 atom stereocenters. The average Bonchev–Trinajstić information content (AvgIpc) is 2.43. The van der Waals surface area contributed by atoms with Crippen LogP contribution in [0.25, 0.3) is 0 Å². The molecule has 0 spiro atoms. The number of aromatic nitrogens is 1. The van der Waals surface area contributed by atoms with Crippen molar-refractivity contribution < 1.29 is 4.79 Å². The van der Waals surface area contributed by atoms with Crippen LogP contribution in [0.15, 0.2) is 0 Å². The molecule has 1 heterocycles. The van der Waals surface area contributed by atoms with Crippen LogP contribution in [-0.2, 0) is 17.6 Å². The maximum absolute atomic E-state index is 10.5. The lowest BCUT2D eigenvalue weighted by Crippen LogP contribution is -2.13. The maximum Gasteiger partial charge on any atom is 0.180 e. The molecule has 1 aliphatic carbocycles. The number of aryl methyl sites for hydroxylation is 1. The Labute approximate surface area is 74.6 Å². The third kappa shape index (κ3) is 1.22. The molecular weight excluding hydrogens is 172 g/mol. The molecule has 0 fully saturated rings. The predicted molar refractivity (Wildman–Crippen MR) is 48.1 cm³/mol. The van der Waals surface area contributed by atoms with E-state index in [9.17, 15) is 4.79 Å². The van der Waals surface area contributed by atoms with Gasteiger partial charge in [-0.2, -0.15) is 0 Å². The Kier molecular flexibility index (Phi) is 1.84. The highest BCUT2D eigenvalue weighted by Crippen LogP contribution is 2.29. The van der Waals surface area contributed by atoms with Crippen LogP contribution in [0.1, 0.15) is 17.0 Å². The van der Waals surface area contributed by atoms with Crippen molar-refractivity contribution in [3.63, 3.8) is 0 Å². The minimum absolute atomic E-state index is 0.192. The topological polar surface area (TPSA) is 56.0 Å². The zero-order chi connectivity index (χ0) is 8.55. The molecule has 0 saturated heterocycles. The van der Waals surface area contributed by atoms with E-state index in [-0.39, 0.29) is 5.92 Å².